The molecule has 1 aromatic heterocycles. The van der Waals surface area contributed by atoms with Gasteiger partial charge in [0.05, 0.1) is 18.1 Å². The van der Waals surface area contributed by atoms with E-state index in [1.807, 2.05) is 61.9 Å². The largest absolute Gasteiger partial charge is 0.493 e. The third-order valence-corrected chi connectivity index (χ3v) is 5.88. The maximum Gasteiger partial charge on any atom is 0.285 e. The minimum absolute atomic E-state index is 0.101. The molecule has 0 unspecified atom stereocenters. The van der Waals surface area contributed by atoms with Crippen LogP contribution in [0.2, 0.25) is 0 Å². The van der Waals surface area contributed by atoms with Crippen molar-refractivity contribution in [1.29, 1.82) is 0 Å². The summed E-state index contributed by atoms with van der Waals surface area (Å²) in [5.74, 6) is 1.21. The summed E-state index contributed by atoms with van der Waals surface area (Å²) in [5, 5.41) is 1.55. The van der Waals surface area contributed by atoms with Crippen molar-refractivity contribution in [1.82, 2.24) is 4.68 Å². The van der Waals surface area contributed by atoms with Crippen LogP contribution in [0.4, 0.5) is 0 Å². The Kier molecular flexibility index (Phi) is 6.15. The molecule has 2 aromatic rings. The number of ether oxygens (including phenoxy) is 2. The fourth-order valence-electron chi connectivity index (χ4n) is 2.93. The number of amides is 1. The molecule has 1 fully saturated rings. The zero-order chi connectivity index (χ0) is 20.4. The van der Waals surface area contributed by atoms with Crippen molar-refractivity contribution in [2.75, 3.05) is 12.1 Å². The van der Waals surface area contributed by atoms with Gasteiger partial charge in [0, 0.05) is 11.4 Å². The van der Waals surface area contributed by atoms with E-state index in [4.69, 9.17) is 21.7 Å². The molecule has 148 valence electrons. The van der Waals surface area contributed by atoms with Crippen LogP contribution in [0.3, 0.4) is 0 Å². The highest BCUT2D eigenvalue weighted by Gasteiger charge is 2.34. The fourth-order valence-corrected chi connectivity index (χ4v) is 4.17. The summed E-state index contributed by atoms with van der Waals surface area (Å²) in [4.78, 5) is 13.6. The second kappa shape index (κ2) is 8.41. The van der Waals surface area contributed by atoms with Gasteiger partial charge < -0.3 is 9.47 Å². The molecule has 1 aliphatic rings. The van der Waals surface area contributed by atoms with E-state index in [9.17, 15) is 4.79 Å². The number of hydrogen-bond acceptors (Lipinski definition) is 5. The van der Waals surface area contributed by atoms with Crippen molar-refractivity contribution in [3.63, 3.8) is 0 Å². The number of thiocarbonyl (C=S) groups is 1. The molecule has 3 rings (SSSR count). The molecule has 0 saturated carbocycles. The van der Waals surface area contributed by atoms with E-state index in [0.29, 0.717) is 20.7 Å². The lowest BCUT2D eigenvalue weighted by Gasteiger charge is -2.20. The van der Waals surface area contributed by atoms with Crippen LogP contribution in [0, 0.1) is 13.8 Å². The Morgan fingerprint density at radius 2 is 1.86 bits per heavy atom. The number of carbonyl (C=O) groups is 1. The van der Waals surface area contributed by atoms with Gasteiger partial charge >= 0.3 is 0 Å². The number of nitrogens with zero attached hydrogens (tertiary/aromatic N) is 2. The maximum absolute atomic E-state index is 13.0. The summed E-state index contributed by atoms with van der Waals surface area (Å²) >= 11 is 6.77. The topological polar surface area (TPSA) is 43.7 Å². The van der Waals surface area contributed by atoms with Crippen LogP contribution >= 0.6 is 24.0 Å². The molecule has 2 heterocycles. The number of benzene rings is 1. The molecule has 0 aliphatic carbocycles. The van der Waals surface area contributed by atoms with Gasteiger partial charge in [0.2, 0.25) is 0 Å². The molecule has 1 aromatic carbocycles. The van der Waals surface area contributed by atoms with Gasteiger partial charge in [-0.1, -0.05) is 24.8 Å². The van der Waals surface area contributed by atoms with E-state index in [1.54, 1.807) is 12.1 Å². The molecule has 0 spiro atoms. The summed E-state index contributed by atoms with van der Waals surface area (Å²) in [7, 11) is 1.61. The van der Waals surface area contributed by atoms with E-state index in [2.05, 4.69) is 6.92 Å². The van der Waals surface area contributed by atoms with Crippen LogP contribution in [0.1, 0.15) is 37.2 Å². The van der Waals surface area contributed by atoms with Crippen molar-refractivity contribution >= 4 is 40.3 Å². The smallest absolute Gasteiger partial charge is 0.285 e. The first kappa shape index (κ1) is 20.5. The highest BCUT2D eigenvalue weighted by Crippen LogP contribution is 2.35. The van der Waals surface area contributed by atoms with Crippen molar-refractivity contribution in [2.45, 2.75) is 40.2 Å². The van der Waals surface area contributed by atoms with Gasteiger partial charge in [0.15, 0.2) is 15.8 Å². The first-order chi connectivity index (χ1) is 13.3. The monoisotopic (exact) mass is 416 g/mol. The van der Waals surface area contributed by atoms with Gasteiger partial charge in [-0.3, -0.25) is 9.47 Å². The van der Waals surface area contributed by atoms with Gasteiger partial charge in [-0.15, -0.1) is 0 Å². The molecule has 0 radical (unpaired) electrons. The highest BCUT2D eigenvalue weighted by molar-refractivity contribution is 8.27. The zero-order valence-corrected chi connectivity index (χ0v) is 18.3. The number of methoxy groups -OCH3 is 1. The molecule has 1 atom stereocenters. The van der Waals surface area contributed by atoms with Crippen molar-refractivity contribution in [3.05, 3.63) is 52.2 Å². The first-order valence-corrected chi connectivity index (χ1v) is 10.4. The van der Waals surface area contributed by atoms with Gasteiger partial charge in [0.1, 0.15) is 0 Å². The van der Waals surface area contributed by atoms with Crippen LogP contribution < -0.4 is 14.5 Å². The summed E-state index contributed by atoms with van der Waals surface area (Å²) in [6.45, 7) is 8.00. The SMILES string of the molecule is CC[C@@H](C)Oc1ccc(/C=C2\SC(=S)N(n3c(C)ccc3C)C2=O)cc1OC. The standard InChI is InChI=1S/C21H24N2O3S2/c1-6-15(4)26-17-10-9-16(11-18(17)25-5)12-19-20(24)23(21(27)28-19)22-13(2)7-8-14(22)3/h7-12,15H,6H2,1-5H3/b19-12-/t15-/m1/s1. The summed E-state index contributed by atoms with van der Waals surface area (Å²) in [6.07, 6.45) is 2.85. The van der Waals surface area contributed by atoms with E-state index in [0.717, 1.165) is 23.4 Å². The van der Waals surface area contributed by atoms with Gasteiger partial charge in [-0.05, 0) is 75.3 Å². The second-order valence-corrected chi connectivity index (χ2v) is 8.34. The molecule has 7 heteroatoms. The average molecular weight is 417 g/mol. The number of thioether (sulfide) groups is 1. The van der Waals surface area contributed by atoms with E-state index < -0.39 is 0 Å². The fraction of sp³-hybridized carbons (Fsp3) is 0.333. The summed E-state index contributed by atoms with van der Waals surface area (Å²) in [5.41, 5.74) is 2.78. The number of rotatable bonds is 6. The Labute approximate surface area is 175 Å². The Hall–Kier alpha value is -2.25. The number of hydrogen-bond donors (Lipinski definition) is 0. The van der Waals surface area contributed by atoms with Crippen molar-refractivity contribution in [2.24, 2.45) is 0 Å². The highest BCUT2D eigenvalue weighted by atomic mass is 32.2. The Balaban J connectivity index is 1.90. The molecule has 28 heavy (non-hydrogen) atoms. The van der Waals surface area contributed by atoms with E-state index in [-0.39, 0.29) is 12.0 Å². The average Bonchev–Trinajstić information content (AvgIpc) is 3.14. The lowest BCUT2D eigenvalue weighted by atomic mass is 10.1. The van der Waals surface area contributed by atoms with Crippen molar-refractivity contribution < 1.29 is 14.3 Å². The Morgan fingerprint density at radius 3 is 2.46 bits per heavy atom. The lowest BCUT2D eigenvalue weighted by molar-refractivity contribution is -0.114. The molecular weight excluding hydrogens is 392 g/mol. The second-order valence-electron chi connectivity index (χ2n) is 6.67. The Bertz CT molecular complexity index is 930. The van der Waals surface area contributed by atoms with E-state index >= 15 is 0 Å². The maximum atomic E-state index is 13.0. The molecule has 0 N–H and O–H groups in total. The molecule has 5 nitrogen and oxygen atoms in total. The minimum atomic E-state index is -0.128. The van der Waals surface area contributed by atoms with Crippen LogP contribution in [-0.4, -0.2) is 28.1 Å². The predicted molar refractivity (Wildman–Crippen MR) is 119 cm³/mol. The van der Waals surface area contributed by atoms with Gasteiger partial charge in [0.25, 0.3) is 5.91 Å². The van der Waals surface area contributed by atoms with Gasteiger partial charge in [-0.25, -0.2) is 0 Å². The van der Waals surface area contributed by atoms with E-state index in [1.165, 1.54) is 11.8 Å². The summed E-state index contributed by atoms with van der Waals surface area (Å²) < 4.78 is 13.7. The third-order valence-electron chi connectivity index (χ3n) is 4.60. The van der Waals surface area contributed by atoms with Crippen molar-refractivity contribution in [3.8, 4) is 11.5 Å². The van der Waals surface area contributed by atoms with Crippen LogP contribution in [0.25, 0.3) is 6.08 Å². The minimum Gasteiger partial charge on any atom is -0.493 e. The normalized spacial score (nSPS) is 16.8. The number of aromatic nitrogens is 1. The zero-order valence-electron chi connectivity index (χ0n) is 16.7. The first-order valence-electron chi connectivity index (χ1n) is 9.13. The quantitative estimate of drug-likeness (QED) is 0.499. The summed E-state index contributed by atoms with van der Waals surface area (Å²) in [6, 6.07) is 9.60. The molecular formula is C21H24N2O3S2. The predicted octanol–water partition coefficient (Wildman–Crippen LogP) is 4.83. The molecule has 0 bridgehead atoms. The lowest BCUT2D eigenvalue weighted by Crippen LogP contribution is -2.39. The van der Waals surface area contributed by atoms with Crippen LogP contribution in [0.15, 0.2) is 35.2 Å². The van der Waals surface area contributed by atoms with Crippen LogP contribution in [-0.2, 0) is 4.79 Å². The third kappa shape index (κ3) is 3.95. The molecule has 1 amide bonds. The number of aryl methyl sites for hydroxylation is 2. The Morgan fingerprint density at radius 1 is 1.18 bits per heavy atom. The number of carbonyl (C=O) groups excluding carboxylic acids is 1. The van der Waals surface area contributed by atoms with Gasteiger partial charge in [-0.2, -0.15) is 5.01 Å². The van der Waals surface area contributed by atoms with Crippen LogP contribution in [0.5, 0.6) is 11.5 Å². The molecule has 1 saturated heterocycles. The molecule has 1 aliphatic heterocycles.